The Bertz CT molecular complexity index is 458. The summed E-state index contributed by atoms with van der Waals surface area (Å²) < 4.78 is 26.6. The molecule has 1 atom stereocenters. The third-order valence-corrected chi connectivity index (χ3v) is 3.00. The predicted molar refractivity (Wildman–Crippen MR) is 60.4 cm³/mol. The van der Waals surface area contributed by atoms with Crippen LogP contribution in [0.25, 0.3) is 0 Å². The van der Waals surface area contributed by atoms with Crippen LogP contribution in [0.2, 0.25) is 0 Å². The molecule has 1 amide bonds. The minimum absolute atomic E-state index is 0.0219. The molecule has 1 fully saturated rings. The molecular weight excluding hydrogens is 226 g/mol. The molecule has 0 saturated heterocycles. The Labute approximate surface area is 98.0 Å². The molecule has 0 heterocycles. The van der Waals surface area contributed by atoms with E-state index in [1.54, 1.807) is 0 Å². The first-order chi connectivity index (χ1) is 7.99. The van der Waals surface area contributed by atoms with Gasteiger partial charge in [0.25, 0.3) is 5.91 Å². The van der Waals surface area contributed by atoms with Crippen LogP contribution < -0.4 is 11.1 Å². The zero-order valence-electron chi connectivity index (χ0n) is 9.47. The van der Waals surface area contributed by atoms with Crippen molar-refractivity contribution in [2.24, 2.45) is 5.92 Å². The number of anilines is 1. The summed E-state index contributed by atoms with van der Waals surface area (Å²) in [5, 5.41) is 2.65. The Balaban J connectivity index is 2.17. The molecule has 1 aliphatic carbocycles. The number of halogens is 2. The van der Waals surface area contributed by atoms with Gasteiger partial charge in [0.1, 0.15) is 5.82 Å². The van der Waals surface area contributed by atoms with Crippen LogP contribution in [0.5, 0.6) is 0 Å². The maximum atomic E-state index is 13.5. The molecule has 1 aromatic carbocycles. The van der Waals surface area contributed by atoms with Crippen molar-refractivity contribution in [3.05, 3.63) is 29.3 Å². The minimum atomic E-state index is -0.869. The zero-order valence-corrected chi connectivity index (χ0v) is 9.47. The topological polar surface area (TPSA) is 55.1 Å². The highest BCUT2D eigenvalue weighted by Crippen LogP contribution is 2.32. The van der Waals surface area contributed by atoms with Crippen LogP contribution in [-0.4, -0.2) is 11.9 Å². The molecule has 5 heteroatoms. The van der Waals surface area contributed by atoms with Gasteiger partial charge < -0.3 is 11.1 Å². The van der Waals surface area contributed by atoms with E-state index in [2.05, 4.69) is 5.32 Å². The van der Waals surface area contributed by atoms with E-state index in [1.165, 1.54) is 0 Å². The van der Waals surface area contributed by atoms with Gasteiger partial charge in [0.05, 0.1) is 11.3 Å². The van der Waals surface area contributed by atoms with E-state index in [4.69, 9.17) is 5.73 Å². The second-order valence-electron chi connectivity index (χ2n) is 4.46. The van der Waals surface area contributed by atoms with E-state index in [-0.39, 0.29) is 17.3 Å². The highest BCUT2D eigenvalue weighted by molar-refractivity contribution is 5.95. The van der Waals surface area contributed by atoms with Gasteiger partial charge in [-0.3, -0.25) is 4.79 Å². The molecule has 1 aliphatic rings. The van der Waals surface area contributed by atoms with E-state index in [9.17, 15) is 13.6 Å². The third kappa shape index (κ3) is 2.54. The molecule has 3 N–H and O–H groups in total. The van der Waals surface area contributed by atoms with Crippen molar-refractivity contribution in [3.8, 4) is 0 Å². The number of hydrogen-bond acceptors (Lipinski definition) is 2. The standard InChI is InChI=1S/C12H14F2N2O/c1-6(7-2-3-7)16-12(17)9-4-8(13)5-10(15)11(9)14/h4-7H,2-3,15H2,1H3,(H,16,17). The van der Waals surface area contributed by atoms with Crippen LogP contribution in [0.4, 0.5) is 14.5 Å². The molecule has 1 unspecified atom stereocenters. The van der Waals surface area contributed by atoms with Crippen LogP contribution in [0.1, 0.15) is 30.1 Å². The summed E-state index contributed by atoms with van der Waals surface area (Å²) in [6.45, 7) is 1.86. The van der Waals surface area contributed by atoms with Crippen molar-refractivity contribution >= 4 is 11.6 Å². The number of carbonyl (C=O) groups is 1. The van der Waals surface area contributed by atoms with E-state index in [0.29, 0.717) is 5.92 Å². The Hall–Kier alpha value is -1.65. The number of benzene rings is 1. The fourth-order valence-electron chi connectivity index (χ4n) is 1.77. The summed E-state index contributed by atoms with van der Waals surface area (Å²) in [5.41, 5.74) is 4.58. The fraction of sp³-hybridized carbons (Fsp3) is 0.417. The second-order valence-corrected chi connectivity index (χ2v) is 4.46. The lowest BCUT2D eigenvalue weighted by atomic mass is 10.1. The lowest BCUT2D eigenvalue weighted by molar-refractivity contribution is 0.0931. The van der Waals surface area contributed by atoms with Gasteiger partial charge in [0.2, 0.25) is 0 Å². The van der Waals surface area contributed by atoms with Crippen LogP contribution in [0, 0.1) is 17.6 Å². The molecule has 1 aromatic rings. The number of nitrogens with two attached hydrogens (primary N) is 1. The maximum absolute atomic E-state index is 13.5. The van der Waals surface area contributed by atoms with Gasteiger partial charge in [0, 0.05) is 6.04 Å². The molecule has 2 rings (SSSR count). The van der Waals surface area contributed by atoms with E-state index in [1.807, 2.05) is 6.92 Å². The third-order valence-electron chi connectivity index (χ3n) is 3.00. The number of rotatable bonds is 3. The van der Waals surface area contributed by atoms with Crippen LogP contribution in [0.15, 0.2) is 12.1 Å². The number of hydrogen-bond donors (Lipinski definition) is 2. The largest absolute Gasteiger partial charge is 0.396 e. The average Bonchev–Trinajstić information content (AvgIpc) is 3.06. The zero-order chi connectivity index (χ0) is 12.6. The predicted octanol–water partition coefficient (Wildman–Crippen LogP) is 2.08. The summed E-state index contributed by atoms with van der Waals surface area (Å²) in [6, 6.07) is 1.70. The summed E-state index contributed by atoms with van der Waals surface area (Å²) in [6.07, 6.45) is 2.13. The maximum Gasteiger partial charge on any atom is 0.254 e. The average molecular weight is 240 g/mol. The number of nitrogens with one attached hydrogen (secondary N) is 1. The molecule has 3 nitrogen and oxygen atoms in total. The van der Waals surface area contributed by atoms with Crippen LogP contribution >= 0.6 is 0 Å². The normalized spacial score (nSPS) is 16.6. The van der Waals surface area contributed by atoms with Crippen molar-refractivity contribution in [1.29, 1.82) is 0 Å². The van der Waals surface area contributed by atoms with Gasteiger partial charge >= 0.3 is 0 Å². The van der Waals surface area contributed by atoms with Crippen LogP contribution in [-0.2, 0) is 0 Å². The van der Waals surface area contributed by atoms with E-state index < -0.39 is 17.5 Å². The monoisotopic (exact) mass is 240 g/mol. The van der Waals surface area contributed by atoms with Gasteiger partial charge in [-0.15, -0.1) is 0 Å². The molecule has 92 valence electrons. The summed E-state index contributed by atoms with van der Waals surface area (Å²) in [4.78, 5) is 11.7. The lowest BCUT2D eigenvalue weighted by Gasteiger charge is -2.13. The quantitative estimate of drug-likeness (QED) is 0.795. The first kappa shape index (κ1) is 11.8. The van der Waals surface area contributed by atoms with Crippen molar-refractivity contribution in [3.63, 3.8) is 0 Å². The Morgan fingerprint density at radius 2 is 2.12 bits per heavy atom. The molecule has 0 radical (unpaired) electrons. The number of nitrogen functional groups attached to an aromatic ring is 1. The van der Waals surface area contributed by atoms with Gasteiger partial charge in [-0.1, -0.05) is 0 Å². The van der Waals surface area contributed by atoms with E-state index >= 15 is 0 Å². The second kappa shape index (κ2) is 4.31. The van der Waals surface area contributed by atoms with E-state index in [0.717, 1.165) is 25.0 Å². The van der Waals surface area contributed by atoms with Gasteiger partial charge in [-0.05, 0) is 37.8 Å². The summed E-state index contributed by atoms with van der Waals surface area (Å²) in [5.74, 6) is -1.75. The summed E-state index contributed by atoms with van der Waals surface area (Å²) in [7, 11) is 0. The molecule has 1 saturated carbocycles. The van der Waals surface area contributed by atoms with Crippen molar-refractivity contribution in [2.75, 3.05) is 5.73 Å². The SMILES string of the molecule is CC(NC(=O)c1cc(F)cc(N)c1F)C1CC1. The van der Waals surface area contributed by atoms with Crippen molar-refractivity contribution < 1.29 is 13.6 Å². The Kier molecular flexibility index (Phi) is 3.00. The van der Waals surface area contributed by atoms with Crippen LogP contribution in [0.3, 0.4) is 0 Å². The molecular formula is C12H14F2N2O. The van der Waals surface area contributed by atoms with Gasteiger partial charge in [-0.25, -0.2) is 8.78 Å². The smallest absolute Gasteiger partial charge is 0.254 e. The first-order valence-corrected chi connectivity index (χ1v) is 5.54. The Morgan fingerprint density at radius 1 is 1.47 bits per heavy atom. The number of amides is 1. The lowest BCUT2D eigenvalue weighted by Crippen LogP contribution is -2.34. The molecule has 0 bridgehead atoms. The van der Waals surface area contributed by atoms with Gasteiger partial charge in [-0.2, -0.15) is 0 Å². The van der Waals surface area contributed by atoms with Crippen molar-refractivity contribution in [2.45, 2.75) is 25.8 Å². The molecule has 0 spiro atoms. The minimum Gasteiger partial charge on any atom is -0.396 e. The first-order valence-electron chi connectivity index (χ1n) is 5.54. The molecule has 0 aromatic heterocycles. The Morgan fingerprint density at radius 3 is 2.71 bits per heavy atom. The summed E-state index contributed by atoms with van der Waals surface area (Å²) >= 11 is 0. The molecule has 17 heavy (non-hydrogen) atoms. The van der Waals surface area contributed by atoms with Gasteiger partial charge in [0.15, 0.2) is 5.82 Å². The number of carbonyl (C=O) groups excluding carboxylic acids is 1. The van der Waals surface area contributed by atoms with Crippen molar-refractivity contribution in [1.82, 2.24) is 5.32 Å². The highest BCUT2D eigenvalue weighted by atomic mass is 19.1. The fourth-order valence-corrected chi connectivity index (χ4v) is 1.77. The highest BCUT2D eigenvalue weighted by Gasteiger charge is 2.29. The molecule has 0 aliphatic heterocycles.